The maximum Gasteiger partial charge on any atom is 0.160 e. The first-order valence-electron chi connectivity index (χ1n) is 17.7. The van der Waals surface area contributed by atoms with Crippen LogP contribution in [-0.2, 0) is 0 Å². The van der Waals surface area contributed by atoms with Crippen LogP contribution in [0.1, 0.15) is 0 Å². The molecule has 2 nitrogen and oxygen atoms in total. The van der Waals surface area contributed by atoms with Crippen LogP contribution in [-0.4, -0.2) is 9.97 Å². The van der Waals surface area contributed by atoms with Crippen LogP contribution in [0.15, 0.2) is 194 Å². The number of hydrogen-bond acceptors (Lipinski definition) is 2. The van der Waals surface area contributed by atoms with Crippen LogP contribution in [0.25, 0.3) is 99.2 Å². The topological polar surface area (TPSA) is 25.8 Å². The van der Waals surface area contributed by atoms with E-state index < -0.39 is 0 Å². The average Bonchev–Trinajstić information content (AvgIpc) is 3.23. The van der Waals surface area contributed by atoms with Gasteiger partial charge in [0.05, 0.1) is 11.4 Å². The monoisotopic (exact) mass is 660 g/mol. The van der Waals surface area contributed by atoms with Crippen LogP contribution < -0.4 is 0 Å². The number of benzene rings is 9. The van der Waals surface area contributed by atoms with Crippen molar-refractivity contribution in [3.05, 3.63) is 194 Å². The van der Waals surface area contributed by atoms with E-state index in [1.54, 1.807) is 0 Å². The molecule has 0 amide bonds. The molecular formula is C50H32N2. The summed E-state index contributed by atoms with van der Waals surface area (Å²) in [6, 6.07) is 69.3. The van der Waals surface area contributed by atoms with E-state index in [1.165, 1.54) is 59.8 Å². The van der Waals surface area contributed by atoms with Gasteiger partial charge in [0, 0.05) is 16.7 Å². The van der Waals surface area contributed by atoms with E-state index in [2.05, 4.69) is 188 Å². The van der Waals surface area contributed by atoms with Gasteiger partial charge >= 0.3 is 0 Å². The second kappa shape index (κ2) is 12.5. The van der Waals surface area contributed by atoms with Gasteiger partial charge in [-0.3, -0.25) is 0 Å². The number of rotatable bonds is 5. The summed E-state index contributed by atoms with van der Waals surface area (Å²) in [4.78, 5) is 10.4. The lowest BCUT2D eigenvalue weighted by Crippen LogP contribution is -1.96. The standard InChI is InChI=1S/C50H32N2/c1-2-13-35(14-3-1)46-32-47(42-18-10-17-39(30-42)40-27-21-33-11-4-5-15-38(33)29-40)52-50(51-46)37-25-23-36(24-26-37)48-45-20-9-7-16-41(45)31-43-28-22-34-12-6-8-19-44(34)49(43)48/h1-32H. The fraction of sp³-hybridized carbons (Fsp3) is 0. The highest BCUT2D eigenvalue weighted by Crippen LogP contribution is 2.41. The lowest BCUT2D eigenvalue weighted by Gasteiger charge is -2.15. The molecule has 0 aliphatic rings. The molecule has 0 unspecified atom stereocenters. The van der Waals surface area contributed by atoms with E-state index in [0.717, 1.165) is 33.6 Å². The van der Waals surface area contributed by atoms with Gasteiger partial charge in [-0.15, -0.1) is 0 Å². The van der Waals surface area contributed by atoms with Gasteiger partial charge in [0.1, 0.15) is 0 Å². The Balaban J connectivity index is 1.11. The largest absolute Gasteiger partial charge is 0.228 e. The summed E-state index contributed by atoms with van der Waals surface area (Å²) in [5, 5.41) is 9.98. The lowest BCUT2D eigenvalue weighted by molar-refractivity contribution is 1.18. The highest BCUT2D eigenvalue weighted by atomic mass is 14.9. The SMILES string of the molecule is c1ccc(-c2cc(-c3cccc(-c4ccc5ccccc5c4)c3)nc(-c3ccc(-c4c5ccccc5cc5ccc6ccccc6c45)cc3)n2)cc1. The van der Waals surface area contributed by atoms with Crippen LogP contribution in [0, 0.1) is 0 Å². The first-order valence-corrected chi connectivity index (χ1v) is 17.7. The summed E-state index contributed by atoms with van der Waals surface area (Å²) >= 11 is 0. The van der Waals surface area contributed by atoms with Crippen LogP contribution in [0.2, 0.25) is 0 Å². The normalized spacial score (nSPS) is 11.5. The summed E-state index contributed by atoms with van der Waals surface area (Å²) in [5.41, 5.74) is 9.63. The van der Waals surface area contributed by atoms with Crippen molar-refractivity contribution in [1.82, 2.24) is 9.97 Å². The fourth-order valence-corrected chi connectivity index (χ4v) is 7.63. The average molecular weight is 661 g/mol. The molecule has 52 heavy (non-hydrogen) atoms. The predicted molar refractivity (Wildman–Crippen MR) is 219 cm³/mol. The number of fused-ring (bicyclic) bond motifs is 5. The van der Waals surface area contributed by atoms with Crippen molar-refractivity contribution in [2.75, 3.05) is 0 Å². The first kappa shape index (κ1) is 30.0. The Morgan fingerprint density at radius 3 is 1.65 bits per heavy atom. The van der Waals surface area contributed by atoms with Crippen molar-refractivity contribution in [1.29, 1.82) is 0 Å². The minimum Gasteiger partial charge on any atom is -0.228 e. The van der Waals surface area contributed by atoms with Gasteiger partial charge in [-0.1, -0.05) is 170 Å². The Labute approximate surface area is 302 Å². The van der Waals surface area contributed by atoms with Gasteiger partial charge in [0.2, 0.25) is 0 Å². The molecule has 1 aromatic heterocycles. The maximum absolute atomic E-state index is 5.22. The molecule has 0 bridgehead atoms. The van der Waals surface area contributed by atoms with E-state index in [0.29, 0.717) is 5.82 Å². The van der Waals surface area contributed by atoms with Gasteiger partial charge in [-0.05, 0) is 89.6 Å². The van der Waals surface area contributed by atoms with Crippen molar-refractivity contribution in [2.24, 2.45) is 0 Å². The Kier molecular flexibility index (Phi) is 7.18. The zero-order chi connectivity index (χ0) is 34.4. The maximum atomic E-state index is 5.22. The molecule has 0 aliphatic carbocycles. The van der Waals surface area contributed by atoms with Gasteiger partial charge in [-0.25, -0.2) is 9.97 Å². The minimum atomic E-state index is 0.701. The van der Waals surface area contributed by atoms with Crippen molar-refractivity contribution in [3.63, 3.8) is 0 Å². The number of nitrogens with zero attached hydrogens (tertiary/aromatic N) is 2. The molecule has 0 atom stereocenters. The minimum absolute atomic E-state index is 0.701. The van der Waals surface area contributed by atoms with Crippen molar-refractivity contribution in [3.8, 4) is 56.2 Å². The molecule has 0 saturated heterocycles. The van der Waals surface area contributed by atoms with Crippen LogP contribution in [0.5, 0.6) is 0 Å². The van der Waals surface area contributed by atoms with Gasteiger partial charge in [-0.2, -0.15) is 0 Å². The Morgan fingerprint density at radius 2 is 0.827 bits per heavy atom. The summed E-state index contributed by atoms with van der Waals surface area (Å²) in [6.07, 6.45) is 0. The third-order valence-corrected chi connectivity index (χ3v) is 10.2. The second-order valence-corrected chi connectivity index (χ2v) is 13.4. The van der Waals surface area contributed by atoms with Crippen molar-refractivity contribution in [2.45, 2.75) is 0 Å². The van der Waals surface area contributed by atoms with E-state index >= 15 is 0 Å². The molecule has 0 fully saturated rings. The molecule has 2 heteroatoms. The Bertz CT molecular complexity index is 2940. The molecule has 0 spiro atoms. The quantitative estimate of drug-likeness (QED) is 0.136. The third-order valence-electron chi connectivity index (χ3n) is 10.2. The Hall–Kier alpha value is -6.90. The zero-order valence-electron chi connectivity index (χ0n) is 28.4. The van der Waals surface area contributed by atoms with Crippen LogP contribution >= 0.6 is 0 Å². The van der Waals surface area contributed by atoms with Gasteiger partial charge in [0.15, 0.2) is 5.82 Å². The summed E-state index contributed by atoms with van der Waals surface area (Å²) in [5.74, 6) is 0.701. The Morgan fingerprint density at radius 1 is 0.269 bits per heavy atom. The first-order chi connectivity index (χ1) is 25.7. The van der Waals surface area contributed by atoms with Gasteiger partial charge in [0.25, 0.3) is 0 Å². The van der Waals surface area contributed by atoms with E-state index in [-0.39, 0.29) is 0 Å². The van der Waals surface area contributed by atoms with Crippen molar-refractivity contribution >= 4 is 43.1 Å². The number of hydrogen-bond donors (Lipinski definition) is 0. The summed E-state index contributed by atoms with van der Waals surface area (Å²) in [7, 11) is 0. The summed E-state index contributed by atoms with van der Waals surface area (Å²) in [6.45, 7) is 0. The van der Waals surface area contributed by atoms with Gasteiger partial charge < -0.3 is 0 Å². The second-order valence-electron chi connectivity index (χ2n) is 13.4. The van der Waals surface area contributed by atoms with E-state index in [1.807, 2.05) is 6.07 Å². The third kappa shape index (κ3) is 5.30. The lowest BCUT2D eigenvalue weighted by atomic mass is 9.89. The van der Waals surface area contributed by atoms with Crippen LogP contribution in [0.3, 0.4) is 0 Å². The molecule has 0 saturated carbocycles. The molecule has 242 valence electrons. The highest BCUT2D eigenvalue weighted by Gasteiger charge is 2.15. The zero-order valence-corrected chi connectivity index (χ0v) is 28.4. The number of aromatic nitrogens is 2. The molecule has 10 aromatic rings. The predicted octanol–water partition coefficient (Wildman–Crippen LogP) is 13.4. The highest BCUT2D eigenvalue weighted by molar-refractivity contribution is 6.21. The smallest absolute Gasteiger partial charge is 0.160 e. The molecule has 10 rings (SSSR count). The molecular weight excluding hydrogens is 629 g/mol. The van der Waals surface area contributed by atoms with Crippen LogP contribution in [0.4, 0.5) is 0 Å². The fourth-order valence-electron chi connectivity index (χ4n) is 7.63. The molecule has 9 aromatic carbocycles. The molecule has 0 N–H and O–H groups in total. The molecule has 0 radical (unpaired) electrons. The molecule has 1 heterocycles. The van der Waals surface area contributed by atoms with Crippen molar-refractivity contribution < 1.29 is 0 Å². The molecule has 0 aliphatic heterocycles. The summed E-state index contributed by atoms with van der Waals surface area (Å²) < 4.78 is 0. The van der Waals surface area contributed by atoms with E-state index in [4.69, 9.17) is 9.97 Å². The van der Waals surface area contributed by atoms with E-state index in [9.17, 15) is 0 Å².